The molecule has 3 aromatic heterocycles. The number of para-hydroxylation sites is 1. The van der Waals surface area contributed by atoms with Gasteiger partial charge in [0.05, 0.1) is 24.1 Å². The maximum absolute atomic E-state index is 4.59. The quantitative estimate of drug-likeness (QED) is 0.612. The Bertz CT molecular complexity index is 985. The number of aromatic amines is 1. The molecule has 120 valence electrons. The van der Waals surface area contributed by atoms with Crippen LogP contribution in [0.4, 0.5) is 5.69 Å². The average Bonchev–Trinajstić information content (AvgIpc) is 3.28. The van der Waals surface area contributed by atoms with Crippen molar-refractivity contribution in [1.29, 1.82) is 0 Å². The summed E-state index contributed by atoms with van der Waals surface area (Å²) >= 11 is 0. The van der Waals surface area contributed by atoms with Crippen LogP contribution in [0.25, 0.3) is 22.1 Å². The molecule has 0 bridgehead atoms. The Hall–Kier alpha value is -2.82. The highest BCUT2D eigenvalue weighted by Gasteiger charge is 2.23. The maximum atomic E-state index is 4.59. The summed E-state index contributed by atoms with van der Waals surface area (Å²) in [6.07, 6.45) is 8.18. The molecule has 1 aliphatic heterocycles. The van der Waals surface area contributed by atoms with Crippen molar-refractivity contribution in [2.24, 2.45) is 0 Å². The highest BCUT2D eigenvalue weighted by atomic mass is 15.2. The van der Waals surface area contributed by atoms with Crippen LogP contribution < -0.4 is 4.90 Å². The first kappa shape index (κ1) is 13.6. The summed E-state index contributed by atoms with van der Waals surface area (Å²) in [5, 5.41) is 1.15. The third kappa shape index (κ3) is 2.08. The van der Waals surface area contributed by atoms with E-state index >= 15 is 0 Å². The zero-order chi connectivity index (χ0) is 15.9. The predicted molar refractivity (Wildman–Crippen MR) is 96.3 cm³/mol. The van der Waals surface area contributed by atoms with Crippen LogP contribution in [0.15, 0.2) is 55.1 Å². The number of fused-ring (bicyclic) bond motifs is 3. The van der Waals surface area contributed by atoms with Gasteiger partial charge >= 0.3 is 0 Å². The van der Waals surface area contributed by atoms with Crippen molar-refractivity contribution in [3.8, 4) is 0 Å². The summed E-state index contributed by atoms with van der Waals surface area (Å²) in [6.45, 7) is 2.14. The topological polar surface area (TPSA) is 49.7 Å². The zero-order valence-electron chi connectivity index (χ0n) is 13.4. The summed E-state index contributed by atoms with van der Waals surface area (Å²) in [5.41, 5.74) is 4.40. The van der Waals surface area contributed by atoms with Crippen molar-refractivity contribution in [2.45, 2.75) is 18.9 Å². The van der Waals surface area contributed by atoms with Crippen molar-refractivity contribution < 1.29 is 0 Å². The van der Waals surface area contributed by atoms with Gasteiger partial charge in [-0.1, -0.05) is 18.2 Å². The molecule has 1 unspecified atom stereocenters. The van der Waals surface area contributed by atoms with E-state index in [-0.39, 0.29) is 0 Å². The lowest BCUT2D eigenvalue weighted by atomic mass is 10.0. The molecule has 1 atom stereocenters. The number of aromatic nitrogens is 4. The number of nitrogens with one attached hydrogen (secondary N) is 1. The van der Waals surface area contributed by atoms with Gasteiger partial charge in [0.2, 0.25) is 0 Å². The Kier molecular flexibility index (Phi) is 3.04. The van der Waals surface area contributed by atoms with Crippen molar-refractivity contribution >= 4 is 27.8 Å². The zero-order valence-corrected chi connectivity index (χ0v) is 13.4. The highest BCUT2D eigenvalue weighted by molar-refractivity contribution is 6.00. The molecule has 5 heteroatoms. The second kappa shape index (κ2) is 5.37. The van der Waals surface area contributed by atoms with Crippen LogP contribution in [0.5, 0.6) is 0 Å². The van der Waals surface area contributed by atoms with Crippen LogP contribution in [0.1, 0.15) is 18.9 Å². The molecular weight excluding hydrogens is 298 g/mol. The Morgan fingerprint density at radius 3 is 2.92 bits per heavy atom. The molecule has 0 amide bonds. The van der Waals surface area contributed by atoms with E-state index in [0.717, 1.165) is 29.6 Å². The van der Waals surface area contributed by atoms with Gasteiger partial charge < -0.3 is 14.5 Å². The minimum absolute atomic E-state index is 0.435. The second-order valence-electron chi connectivity index (χ2n) is 6.46. The normalized spacial score (nSPS) is 18.5. The number of pyridine rings is 1. The molecule has 5 nitrogen and oxygen atoms in total. The minimum atomic E-state index is 0.435. The van der Waals surface area contributed by atoms with Crippen molar-refractivity contribution in [3.63, 3.8) is 0 Å². The van der Waals surface area contributed by atoms with E-state index in [4.69, 9.17) is 0 Å². The van der Waals surface area contributed by atoms with Crippen molar-refractivity contribution in [3.05, 3.63) is 55.1 Å². The largest absolute Gasteiger partial charge is 0.369 e. The molecule has 4 heterocycles. The molecule has 0 saturated carbocycles. The Morgan fingerprint density at radius 2 is 2.00 bits per heavy atom. The lowest BCUT2D eigenvalue weighted by Gasteiger charge is -2.35. The molecule has 1 fully saturated rings. The Balaban J connectivity index is 1.56. The molecule has 4 aromatic rings. The van der Waals surface area contributed by atoms with Crippen LogP contribution in [-0.2, 0) is 0 Å². The van der Waals surface area contributed by atoms with Gasteiger partial charge in [0, 0.05) is 30.4 Å². The van der Waals surface area contributed by atoms with Gasteiger partial charge in [0.25, 0.3) is 0 Å². The summed E-state index contributed by atoms with van der Waals surface area (Å²) in [4.78, 5) is 14.7. The number of H-pyrrole nitrogens is 1. The van der Waals surface area contributed by atoms with E-state index in [0.29, 0.717) is 6.04 Å². The fourth-order valence-electron chi connectivity index (χ4n) is 3.86. The van der Waals surface area contributed by atoms with E-state index in [1.54, 1.807) is 0 Å². The molecule has 1 saturated heterocycles. The number of imidazole rings is 1. The van der Waals surface area contributed by atoms with Crippen molar-refractivity contribution in [2.75, 3.05) is 18.0 Å². The van der Waals surface area contributed by atoms with E-state index in [1.165, 1.54) is 24.0 Å². The molecule has 0 spiro atoms. The monoisotopic (exact) mass is 317 g/mol. The van der Waals surface area contributed by atoms with Crippen LogP contribution in [0.3, 0.4) is 0 Å². The lowest BCUT2D eigenvalue weighted by Crippen LogP contribution is -2.36. The van der Waals surface area contributed by atoms with Crippen LogP contribution in [0.2, 0.25) is 0 Å². The van der Waals surface area contributed by atoms with Crippen LogP contribution >= 0.6 is 0 Å². The van der Waals surface area contributed by atoms with Gasteiger partial charge in [0.15, 0.2) is 0 Å². The first-order valence-corrected chi connectivity index (χ1v) is 8.49. The Labute approximate surface area is 139 Å². The van der Waals surface area contributed by atoms with Gasteiger partial charge in [-0.05, 0) is 31.0 Å². The van der Waals surface area contributed by atoms with Gasteiger partial charge in [-0.15, -0.1) is 0 Å². The molecular formula is C19H19N5. The number of piperidine rings is 1. The lowest BCUT2D eigenvalue weighted by molar-refractivity contribution is 0.413. The molecule has 1 N–H and O–H groups in total. The molecule has 24 heavy (non-hydrogen) atoms. The number of nitrogens with zero attached hydrogens (tertiary/aromatic N) is 4. The Morgan fingerprint density at radius 1 is 1.08 bits per heavy atom. The molecule has 0 radical (unpaired) electrons. The maximum Gasteiger partial charge on any atom is 0.139 e. The predicted octanol–water partition coefficient (Wildman–Crippen LogP) is 3.75. The minimum Gasteiger partial charge on any atom is -0.369 e. The third-order valence-corrected chi connectivity index (χ3v) is 5.03. The highest BCUT2D eigenvalue weighted by Crippen LogP contribution is 2.31. The van der Waals surface area contributed by atoms with E-state index in [1.807, 2.05) is 18.7 Å². The molecule has 1 aromatic carbocycles. The number of hydrogen-bond donors (Lipinski definition) is 1. The number of hydrogen-bond acceptors (Lipinski definition) is 3. The van der Waals surface area contributed by atoms with Gasteiger partial charge in [-0.25, -0.2) is 9.97 Å². The van der Waals surface area contributed by atoms with E-state index < -0.39 is 0 Å². The third-order valence-electron chi connectivity index (χ3n) is 5.03. The van der Waals surface area contributed by atoms with Crippen LogP contribution in [-0.4, -0.2) is 32.6 Å². The number of anilines is 1. The van der Waals surface area contributed by atoms with Gasteiger partial charge in [-0.3, -0.25) is 0 Å². The molecule has 1 aliphatic rings. The first-order chi connectivity index (χ1) is 11.9. The average molecular weight is 317 g/mol. The summed E-state index contributed by atoms with van der Waals surface area (Å²) in [6, 6.07) is 13.2. The number of benzene rings is 1. The van der Waals surface area contributed by atoms with E-state index in [9.17, 15) is 0 Å². The fraction of sp³-hybridized carbons (Fsp3) is 0.263. The summed E-state index contributed by atoms with van der Waals surface area (Å²) < 4.78 is 2.35. The van der Waals surface area contributed by atoms with E-state index in [2.05, 4.69) is 60.8 Å². The molecule has 5 rings (SSSR count). The van der Waals surface area contributed by atoms with Gasteiger partial charge in [-0.2, -0.15) is 0 Å². The van der Waals surface area contributed by atoms with Crippen molar-refractivity contribution in [1.82, 2.24) is 19.5 Å². The SMILES string of the molecule is c1ccc(N2CCCC(n3cnc4cnc5[nH]ccc5c43)C2)cc1. The number of rotatable bonds is 2. The molecule has 0 aliphatic carbocycles. The fourth-order valence-corrected chi connectivity index (χ4v) is 3.86. The second-order valence-corrected chi connectivity index (χ2v) is 6.46. The van der Waals surface area contributed by atoms with Crippen LogP contribution in [0, 0.1) is 0 Å². The summed E-state index contributed by atoms with van der Waals surface area (Å²) in [7, 11) is 0. The first-order valence-electron chi connectivity index (χ1n) is 8.49. The smallest absolute Gasteiger partial charge is 0.139 e. The van der Waals surface area contributed by atoms with Gasteiger partial charge in [0.1, 0.15) is 11.2 Å². The standard InChI is InChI=1S/C19H19N5/c1-2-5-14(6-3-1)23-10-4-7-15(12-23)24-13-22-17-11-21-19-16(18(17)24)8-9-20-19/h1-3,5-6,8-9,11,13,15H,4,7,10,12H2,(H,20,21). The summed E-state index contributed by atoms with van der Waals surface area (Å²) in [5.74, 6) is 0.